The number of nitrogens with zero attached hydrogens (tertiary/aromatic N) is 1. The molecule has 112 valence electrons. The Morgan fingerprint density at radius 3 is 2.75 bits per heavy atom. The van der Waals surface area contributed by atoms with E-state index in [0.29, 0.717) is 29.1 Å². The van der Waals surface area contributed by atoms with Crippen molar-refractivity contribution in [3.63, 3.8) is 0 Å². The van der Waals surface area contributed by atoms with E-state index < -0.39 is 0 Å². The Hall–Kier alpha value is -0.970. The Labute approximate surface area is 125 Å². The second kappa shape index (κ2) is 7.16. The summed E-state index contributed by atoms with van der Waals surface area (Å²) in [6.45, 7) is 2.58. The van der Waals surface area contributed by atoms with E-state index in [4.69, 9.17) is 26.8 Å². The van der Waals surface area contributed by atoms with Gasteiger partial charge in [0, 0.05) is 19.1 Å². The van der Waals surface area contributed by atoms with Crippen molar-refractivity contribution in [1.29, 1.82) is 0 Å². The molecule has 1 aromatic rings. The molecule has 0 amide bonds. The lowest BCUT2D eigenvalue weighted by Crippen LogP contribution is -2.43. The maximum Gasteiger partial charge on any atom is 0.179 e. The number of hydrogen-bond acceptors (Lipinski definition) is 4. The Morgan fingerprint density at radius 1 is 1.30 bits per heavy atom. The summed E-state index contributed by atoms with van der Waals surface area (Å²) in [5.74, 6) is 1.27. The lowest BCUT2D eigenvalue weighted by Gasteiger charge is -2.35. The molecule has 2 N–H and O–H groups in total. The highest BCUT2D eigenvalue weighted by atomic mass is 35.5. The van der Waals surface area contributed by atoms with Crippen LogP contribution in [0, 0.1) is 0 Å². The van der Waals surface area contributed by atoms with Crippen molar-refractivity contribution in [1.82, 2.24) is 4.90 Å². The summed E-state index contributed by atoms with van der Waals surface area (Å²) in [5, 5.41) is 0.633. The summed E-state index contributed by atoms with van der Waals surface area (Å²) in [4.78, 5) is 2.41. The van der Waals surface area contributed by atoms with Gasteiger partial charge < -0.3 is 15.2 Å². The van der Waals surface area contributed by atoms with Gasteiger partial charge in [-0.2, -0.15) is 0 Å². The topological polar surface area (TPSA) is 47.7 Å². The molecule has 1 fully saturated rings. The molecular formula is C15H23ClN2O2. The van der Waals surface area contributed by atoms with Crippen molar-refractivity contribution >= 4 is 11.6 Å². The van der Waals surface area contributed by atoms with E-state index in [1.165, 1.54) is 19.3 Å². The minimum absolute atomic E-state index is 0.452. The van der Waals surface area contributed by atoms with Crippen LogP contribution in [0.1, 0.15) is 24.8 Å². The van der Waals surface area contributed by atoms with Crippen molar-refractivity contribution in [3.8, 4) is 11.5 Å². The molecule has 20 heavy (non-hydrogen) atoms. The van der Waals surface area contributed by atoms with Gasteiger partial charge in [-0.3, -0.25) is 4.90 Å². The van der Waals surface area contributed by atoms with Crippen molar-refractivity contribution in [3.05, 3.63) is 22.7 Å². The van der Waals surface area contributed by atoms with E-state index in [-0.39, 0.29) is 0 Å². The number of benzene rings is 1. The van der Waals surface area contributed by atoms with Crippen LogP contribution in [0.4, 0.5) is 0 Å². The van der Waals surface area contributed by atoms with E-state index in [0.717, 1.165) is 18.7 Å². The Balaban J connectivity index is 2.20. The summed E-state index contributed by atoms with van der Waals surface area (Å²) in [6, 6.07) is 4.36. The predicted octanol–water partition coefficient (Wildman–Crippen LogP) is 2.67. The monoisotopic (exact) mass is 298 g/mol. The molecule has 4 nitrogen and oxygen atoms in total. The van der Waals surface area contributed by atoms with Crippen LogP contribution in [0.5, 0.6) is 11.5 Å². The van der Waals surface area contributed by atoms with Crippen molar-refractivity contribution < 1.29 is 9.47 Å². The fraction of sp³-hybridized carbons (Fsp3) is 0.600. The van der Waals surface area contributed by atoms with Crippen LogP contribution in [0.3, 0.4) is 0 Å². The van der Waals surface area contributed by atoms with Crippen LogP contribution in [-0.2, 0) is 6.54 Å². The summed E-state index contributed by atoms with van der Waals surface area (Å²) in [6.07, 6.45) is 3.65. The Morgan fingerprint density at radius 2 is 2.10 bits per heavy atom. The standard InChI is InChI=1S/C15H23ClN2O2/c1-19-13-7-6-11(14(16)15(13)20-2)10-18-8-4-3-5-12(18)9-17/h6-7,12H,3-5,8-10,17H2,1-2H3. The van der Waals surface area contributed by atoms with Gasteiger partial charge in [0.1, 0.15) is 0 Å². The zero-order chi connectivity index (χ0) is 14.5. The summed E-state index contributed by atoms with van der Waals surface area (Å²) >= 11 is 6.44. The number of piperidine rings is 1. The molecule has 1 aromatic carbocycles. The second-order valence-electron chi connectivity index (χ2n) is 5.13. The maximum absolute atomic E-state index is 6.44. The van der Waals surface area contributed by atoms with Gasteiger partial charge in [-0.25, -0.2) is 0 Å². The highest BCUT2D eigenvalue weighted by molar-refractivity contribution is 6.33. The van der Waals surface area contributed by atoms with Crippen LogP contribution in [0.15, 0.2) is 12.1 Å². The second-order valence-corrected chi connectivity index (χ2v) is 5.51. The highest BCUT2D eigenvalue weighted by Gasteiger charge is 2.23. The third-order valence-corrected chi connectivity index (χ3v) is 4.37. The fourth-order valence-electron chi connectivity index (χ4n) is 2.81. The van der Waals surface area contributed by atoms with Gasteiger partial charge in [-0.15, -0.1) is 0 Å². The van der Waals surface area contributed by atoms with Gasteiger partial charge >= 0.3 is 0 Å². The van der Waals surface area contributed by atoms with Crippen molar-refractivity contribution in [2.75, 3.05) is 27.3 Å². The molecular weight excluding hydrogens is 276 g/mol. The Bertz CT molecular complexity index is 454. The number of likely N-dealkylation sites (tertiary alicyclic amines) is 1. The number of nitrogens with two attached hydrogens (primary N) is 1. The molecule has 1 aliphatic heterocycles. The van der Waals surface area contributed by atoms with Gasteiger partial charge in [0.25, 0.3) is 0 Å². The SMILES string of the molecule is COc1ccc(CN2CCCCC2CN)c(Cl)c1OC. The van der Waals surface area contributed by atoms with Gasteiger partial charge in [0.05, 0.1) is 19.2 Å². The van der Waals surface area contributed by atoms with Gasteiger partial charge in [0.2, 0.25) is 0 Å². The predicted molar refractivity (Wildman–Crippen MR) is 81.7 cm³/mol. The first-order chi connectivity index (χ1) is 9.71. The van der Waals surface area contributed by atoms with Crippen LogP contribution < -0.4 is 15.2 Å². The molecule has 1 unspecified atom stereocenters. The lowest BCUT2D eigenvalue weighted by molar-refractivity contribution is 0.145. The number of rotatable bonds is 5. The zero-order valence-electron chi connectivity index (χ0n) is 12.2. The molecule has 5 heteroatoms. The lowest BCUT2D eigenvalue weighted by atomic mass is 10.0. The van der Waals surface area contributed by atoms with E-state index in [1.54, 1.807) is 14.2 Å². The summed E-state index contributed by atoms with van der Waals surface area (Å²) < 4.78 is 10.6. The van der Waals surface area contributed by atoms with Gasteiger partial charge in [-0.1, -0.05) is 24.1 Å². The molecule has 0 spiro atoms. The van der Waals surface area contributed by atoms with Crippen molar-refractivity contribution in [2.24, 2.45) is 5.73 Å². The third-order valence-electron chi connectivity index (χ3n) is 3.96. The largest absolute Gasteiger partial charge is 0.493 e. The fourth-order valence-corrected chi connectivity index (χ4v) is 3.10. The van der Waals surface area contributed by atoms with E-state index in [2.05, 4.69) is 4.90 Å². The summed E-state index contributed by atoms with van der Waals surface area (Å²) in [5.41, 5.74) is 6.93. The number of hydrogen-bond donors (Lipinski definition) is 1. The highest BCUT2D eigenvalue weighted by Crippen LogP contribution is 2.38. The number of halogens is 1. The molecule has 0 radical (unpaired) electrons. The average Bonchev–Trinajstić information content (AvgIpc) is 2.49. The molecule has 0 bridgehead atoms. The molecule has 0 aromatic heterocycles. The third kappa shape index (κ3) is 3.19. The van der Waals surface area contributed by atoms with Crippen LogP contribution in [0.25, 0.3) is 0 Å². The first-order valence-corrected chi connectivity index (χ1v) is 7.42. The summed E-state index contributed by atoms with van der Waals surface area (Å²) in [7, 11) is 3.22. The quantitative estimate of drug-likeness (QED) is 0.908. The first-order valence-electron chi connectivity index (χ1n) is 7.04. The van der Waals surface area contributed by atoms with Crippen LogP contribution in [0.2, 0.25) is 5.02 Å². The minimum atomic E-state index is 0.452. The van der Waals surface area contributed by atoms with Gasteiger partial charge in [0.15, 0.2) is 11.5 Å². The number of ether oxygens (including phenoxy) is 2. The smallest absolute Gasteiger partial charge is 0.179 e. The molecule has 1 saturated heterocycles. The normalized spacial score (nSPS) is 19.9. The molecule has 2 rings (SSSR count). The molecule has 1 atom stereocenters. The van der Waals surface area contributed by atoms with Crippen LogP contribution in [-0.4, -0.2) is 38.3 Å². The molecule has 1 aliphatic rings. The Kier molecular flexibility index (Phi) is 5.52. The van der Waals surface area contributed by atoms with E-state index in [9.17, 15) is 0 Å². The van der Waals surface area contributed by atoms with Crippen LogP contribution >= 0.6 is 11.6 Å². The van der Waals surface area contributed by atoms with Gasteiger partial charge in [-0.05, 0) is 31.0 Å². The van der Waals surface area contributed by atoms with E-state index in [1.807, 2.05) is 12.1 Å². The van der Waals surface area contributed by atoms with E-state index >= 15 is 0 Å². The zero-order valence-corrected chi connectivity index (χ0v) is 12.9. The molecule has 1 heterocycles. The maximum atomic E-state index is 6.44. The first kappa shape index (κ1) is 15.4. The minimum Gasteiger partial charge on any atom is -0.493 e. The average molecular weight is 299 g/mol. The number of methoxy groups -OCH3 is 2. The van der Waals surface area contributed by atoms with Crippen molar-refractivity contribution in [2.45, 2.75) is 31.8 Å². The molecule has 0 saturated carbocycles. The molecule has 0 aliphatic carbocycles.